The van der Waals surface area contributed by atoms with Crippen molar-refractivity contribution in [2.45, 2.75) is 6.54 Å². The number of nitrogens with one attached hydrogen (secondary N) is 1. The summed E-state index contributed by atoms with van der Waals surface area (Å²) in [5.41, 5.74) is 0.636. The van der Waals surface area contributed by atoms with Crippen molar-refractivity contribution in [3.63, 3.8) is 0 Å². The maximum atomic E-state index is 11.9. The van der Waals surface area contributed by atoms with Gasteiger partial charge in [0, 0.05) is 12.6 Å². The quantitative estimate of drug-likeness (QED) is 0.854. The van der Waals surface area contributed by atoms with E-state index in [1.807, 2.05) is 12.1 Å². The molecule has 1 heterocycles. The molecule has 1 aromatic carbocycles. The monoisotopic (exact) mass is 287 g/mol. The van der Waals surface area contributed by atoms with Crippen LogP contribution in [0, 0.1) is 0 Å². The molecule has 0 fully saturated rings. The lowest BCUT2D eigenvalue weighted by molar-refractivity contribution is 0.0690. The zero-order valence-corrected chi connectivity index (χ0v) is 11.2. The van der Waals surface area contributed by atoms with Crippen molar-refractivity contribution >= 4 is 11.9 Å². The molecule has 0 aliphatic carbocycles. The van der Waals surface area contributed by atoms with E-state index in [0.717, 1.165) is 18.0 Å². The lowest BCUT2D eigenvalue weighted by Crippen LogP contribution is -2.24. The molecule has 2 N–H and O–H groups in total. The van der Waals surface area contributed by atoms with Gasteiger partial charge in [-0.25, -0.2) is 14.8 Å². The maximum Gasteiger partial charge on any atom is 0.354 e. The highest BCUT2D eigenvalue weighted by molar-refractivity contribution is 5.94. The molecule has 7 heteroatoms. The van der Waals surface area contributed by atoms with E-state index in [1.165, 1.54) is 0 Å². The molecule has 0 aliphatic heterocycles. The highest BCUT2D eigenvalue weighted by Gasteiger charge is 2.11. The molecule has 1 aromatic heterocycles. The Balaban J connectivity index is 2.04. The Labute approximate surface area is 120 Å². The summed E-state index contributed by atoms with van der Waals surface area (Å²) in [6, 6.07) is 8.38. The van der Waals surface area contributed by atoms with Crippen LogP contribution in [0.1, 0.15) is 26.5 Å². The van der Waals surface area contributed by atoms with Gasteiger partial charge in [0.2, 0.25) is 0 Å². The molecule has 0 saturated carbocycles. The molecule has 0 radical (unpaired) electrons. The van der Waals surface area contributed by atoms with E-state index < -0.39 is 11.9 Å². The summed E-state index contributed by atoms with van der Waals surface area (Å²) < 4.78 is 5.09. The number of carbonyl (C=O) groups is 2. The molecule has 0 saturated heterocycles. The first-order chi connectivity index (χ1) is 10.1. The van der Waals surface area contributed by atoms with Gasteiger partial charge in [-0.05, 0) is 17.7 Å². The van der Waals surface area contributed by atoms with E-state index in [-0.39, 0.29) is 17.9 Å². The first-order valence-corrected chi connectivity index (χ1v) is 6.06. The minimum absolute atomic E-state index is 0.00490. The van der Waals surface area contributed by atoms with Crippen LogP contribution in [0.25, 0.3) is 0 Å². The van der Waals surface area contributed by atoms with Gasteiger partial charge >= 0.3 is 5.97 Å². The van der Waals surface area contributed by atoms with Gasteiger partial charge < -0.3 is 15.2 Å². The number of benzene rings is 1. The second-order valence-electron chi connectivity index (χ2n) is 4.13. The van der Waals surface area contributed by atoms with Crippen LogP contribution in [0.4, 0.5) is 0 Å². The van der Waals surface area contributed by atoms with Gasteiger partial charge in [0.05, 0.1) is 7.11 Å². The third-order valence-electron chi connectivity index (χ3n) is 2.71. The van der Waals surface area contributed by atoms with Gasteiger partial charge in [-0.3, -0.25) is 4.79 Å². The second-order valence-corrected chi connectivity index (χ2v) is 4.13. The van der Waals surface area contributed by atoms with Crippen molar-refractivity contribution in [1.29, 1.82) is 0 Å². The summed E-state index contributed by atoms with van der Waals surface area (Å²) in [6.07, 6.45) is 1.05. The number of rotatable bonds is 5. The minimum Gasteiger partial charge on any atom is -0.497 e. The summed E-state index contributed by atoms with van der Waals surface area (Å²) in [4.78, 5) is 30.0. The number of carbonyl (C=O) groups excluding carboxylic acids is 1. The Kier molecular flexibility index (Phi) is 4.45. The van der Waals surface area contributed by atoms with Crippen molar-refractivity contribution in [1.82, 2.24) is 15.3 Å². The zero-order chi connectivity index (χ0) is 15.2. The molecule has 2 aromatic rings. The fraction of sp³-hybridized carbons (Fsp3) is 0.143. The van der Waals surface area contributed by atoms with Crippen LogP contribution in [-0.2, 0) is 6.54 Å². The summed E-state index contributed by atoms with van der Waals surface area (Å²) in [6.45, 7) is 0.280. The molecule has 0 unspecified atom stereocenters. The molecule has 0 atom stereocenters. The van der Waals surface area contributed by atoms with E-state index >= 15 is 0 Å². The molecule has 7 nitrogen and oxygen atoms in total. The van der Waals surface area contributed by atoms with Crippen molar-refractivity contribution in [2.24, 2.45) is 0 Å². The predicted octanol–water partition coefficient (Wildman–Crippen LogP) is 1.11. The molecule has 21 heavy (non-hydrogen) atoms. The molecule has 2 rings (SSSR count). The summed E-state index contributed by atoms with van der Waals surface area (Å²) in [5.74, 6) is -0.987. The standard InChI is InChI=1S/C14H13N3O4/c1-21-10-4-2-3-9(5-10)7-15-13(18)11-6-12(14(19)20)17-8-16-11/h2-6,8H,7H2,1H3,(H,15,18)(H,19,20). The number of carboxylic acids is 1. The molecule has 108 valence electrons. The predicted molar refractivity (Wildman–Crippen MR) is 73.2 cm³/mol. The average Bonchev–Trinajstić information content (AvgIpc) is 2.53. The van der Waals surface area contributed by atoms with Gasteiger partial charge in [-0.1, -0.05) is 12.1 Å². The third-order valence-corrected chi connectivity index (χ3v) is 2.71. The van der Waals surface area contributed by atoms with Crippen molar-refractivity contribution in [2.75, 3.05) is 7.11 Å². The number of carboxylic acid groups (broad SMARTS) is 1. The van der Waals surface area contributed by atoms with Crippen LogP contribution in [0.2, 0.25) is 0 Å². The first kappa shape index (κ1) is 14.4. The molecule has 1 amide bonds. The number of hydrogen-bond donors (Lipinski definition) is 2. The Bertz CT molecular complexity index is 673. The van der Waals surface area contributed by atoms with E-state index in [0.29, 0.717) is 5.75 Å². The van der Waals surface area contributed by atoms with E-state index in [1.54, 1.807) is 19.2 Å². The Morgan fingerprint density at radius 2 is 2.00 bits per heavy atom. The van der Waals surface area contributed by atoms with E-state index in [4.69, 9.17) is 9.84 Å². The van der Waals surface area contributed by atoms with Crippen LogP contribution in [0.3, 0.4) is 0 Å². The second kappa shape index (κ2) is 6.47. The maximum absolute atomic E-state index is 11.9. The van der Waals surface area contributed by atoms with Gasteiger partial charge in [-0.2, -0.15) is 0 Å². The average molecular weight is 287 g/mol. The minimum atomic E-state index is -1.21. The molecular formula is C14H13N3O4. The lowest BCUT2D eigenvalue weighted by atomic mass is 10.2. The van der Waals surface area contributed by atoms with Crippen LogP contribution in [0.15, 0.2) is 36.7 Å². The largest absolute Gasteiger partial charge is 0.497 e. The van der Waals surface area contributed by atoms with E-state index in [9.17, 15) is 9.59 Å². The van der Waals surface area contributed by atoms with Crippen LogP contribution in [-0.4, -0.2) is 34.1 Å². The smallest absolute Gasteiger partial charge is 0.354 e. The van der Waals surface area contributed by atoms with Gasteiger partial charge in [0.15, 0.2) is 5.69 Å². The normalized spacial score (nSPS) is 9.95. The number of aromatic nitrogens is 2. The molecule has 0 aliphatic rings. The Hall–Kier alpha value is -2.96. The lowest BCUT2D eigenvalue weighted by Gasteiger charge is -2.06. The highest BCUT2D eigenvalue weighted by atomic mass is 16.5. The third kappa shape index (κ3) is 3.75. The fourth-order valence-corrected chi connectivity index (χ4v) is 1.65. The van der Waals surface area contributed by atoms with Gasteiger partial charge in [0.25, 0.3) is 5.91 Å². The fourth-order valence-electron chi connectivity index (χ4n) is 1.65. The Morgan fingerprint density at radius 1 is 1.24 bits per heavy atom. The van der Waals surface area contributed by atoms with Gasteiger partial charge in [-0.15, -0.1) is 0 Å². The molecule has 0 spiro atoms. The van der Waals surface area contributed by atoms with Crippen molar-refractivity contribution < 1.29 is 19.4 Å². The topological polar surface area (TPSA) is 101 Å². The van der Waals surface area contributed by atoms with Crippen molar-refractivity contribution in [3.8, 4) is 5.75 Å². The Morgan fingerprint density at radius 3 is 2.71 bits per heavy atom. The first-order valence-electron chi connectivity index (χ1n) is 6.06. The van der Waals surface area contributed by atoms with Crippen LogP contribution < -0.4 is 10.1 Å². The molecule has 0 bridgehead atoms. The van der Waals surface area contributed by atoms with Crippen LogP contribution in [0.5, 0.6) is 5.75 Å². The summed E-state index contributed by atoms with van der Waals surface area (Å²) >= 11 is 0. The number of aromatic carboxylic acids is 1. The zero-order valence-electron chi connectivity index (χ0n) is 11.2. The number of ether oxygens (including phenoxy) is 1. The van der Waals surface area contributed by atoms with Crippen molar-refractivity contribution in [3.05, 3.63) is 53.6 Å². The summed E-state index contributed by atoms with van der Waals surface area (Å²) in [5, 5.41) is 11.5. The van der Waals surface area contributed by atoms with Gasteiger partial charge in [0.1, 0.15) is 17.8 Å². The SMILES string of the molecule is COc1cccc(CNC(=O)c2cc(C(=O)O)ncn2)c1. The number of hydrogen-bond acceptors (Lipinski definition) is 5. The highest BCUT2D eigenvalue weighted by Crippen LogP contribution is 2.12. The number of amides is 1. The number of nitrogens with zero attached hydrogens (tertiary/aromatic N) is 2. The van der Waals surface area contributed by atoms with E-state index in [2.05, 4.69) is 15.3 Å². The summed E-state index contributed by atoms with van der Waals surface area (Å²) in [7, 11) is 1.56. The number of methoxy groups -OCH3 is 1. The molecular weight excluding hydrogens is 274 g/mol. The van der Waals surface area contributed by atoms with Crippen LogP contribution >= 0.6 is 0 Å².